The van der Waals surface area contributed by atoms with Crippen molar-refractivity contribution in [2.75, 3.05) is 0 Å². The molecule has 0 saturated heterocycles. The van der Waals surface area contributed by atoms with Gasteiger partial charge in [-0.2, -0.15) is 0 Å². The highest BCUT2D eigenvalue weighted by atomic mass is 79.9. The fourth-order valence-corrected chi connectivity index (χ4v) is 2.18. The summed E-state index contributed by atoms with van der Waals surface area (Å²) in [4.78, 5) is 4.39. The van der Waals surface area contributed by atoms with Gasteiger partial charge in [-0.1, -0.05) is 29.8 Å². The lowest BCUT2D eigenvalue weighted by Crippen LogP contribution is -2.18. The molecule has 2 aromatic rings. The molecule has 1 atom stereocenters. The lowest BCUT2D eigenvalue weighted by atomic mass is 10.1. The number of rotatable bonds is 4. The fraction of sp³-hybridized carbons (Fsp3) is 0.214. The third kappa shape index (κ3) is 3.80. The number of pyridine rings is 1. The van der Waals surface area contributed by atoms with E-state index in [2.05, 4.69) is 33.2 Å². The first kappa shape index (κ1) is 13.5. The minimum Gasteiger partial charge on any atom is -0.305 e. The van der Waals surface area contributed by atoms with Crippen LogP contribution in [0.25, 0.3) is 0 Å². The summed E-state index contributed by atoms with van der Waals surface area (Å²) in [6, 6.07) is 14.1. The molecule has 1 aromatic carbocycles. The number of nitrogens with zero attached hydrogens (tertiary/aromatic N) is 1. The van der Waals surface area contributed by atoms with Gasteiger partial charge in [0.2, 0.25) is 0 Å². The average Bonchev–Trinajstić information content (AvgIpc) is 2.37. The molecule has 0 aliphatic heterocycles. The Labute approximate surface area is 121 Å². The van der Waals surface area contributed by atoms with Crippen LogP contribution in [-0.4, -0.2) is 4.98 Å². The first-order valence-electron chi connectivity index (χ1n) is 5.75. The second kappa shape index (κ2) is 6.32. The first-order valence-corrected chi connectivity index (χ1v) is 6.92. The van der Waals surface area contributed by atoms with Crippen LogP contribution in [0.3, 0.4) is 0 Å². The molecule has 0 amide bonds. The molecule has 0 saturated carbocycles. The zero-order valence-electron chi connectivity index (χ0n) is 10.0. The molecule has 0 spiro atoms. The van der Waals surface area contributed by atoms with Gasteiger partial charge in [-0.15, -0.1) is 0 Å². The van der Waals surface area contributed by atoms with Crippen LogP contribution in [0, 0.1) is 0 Å². The van der Waals surface area contributed by atoms with Crippen molar-refractivity contribution in [3.63, 3.8) is 0 Å². The second-order valence-electron chi connectivity index (χ2n) is 4.11. The van der Waals surface area contributed by atoms with E-state index in [0.29, 0.717) is 0 Å². The fourth-order valence-electron chi connectivity index (χ4n) is 1.68. The van der Waals surface area contributed by atoms with Gasteiger partial charge in [-0.05, 0) is 52.7 Å². The van der Waals surface area contributed by atoms with E-state index in [4.69, 9.17) is 11.6 Å². The zero-order valence-corrected chi connectivity index (χ0v) is 12.4. The Kier molecular flexibility index (Phi) is 4.75. The van der Waals surface area contributed by atoms with Crippen LogP contribution in [-0.2, 0) is 6.54 Å². The second-order valence-corrected chi connectivity index (χ2v) is 5.35. The highest BCUT2D eigenvalue weighted by Gasteiger charge is 2.05. The summed E-state index contributed by atoms with van der Waals surface area (Å²) in [6.07, 6.45) is 0. The van der Waals surface area contributed by atoms with Gasteiger partial charge in [0.25, 0.3) is 0 Å². The van der Waals surface area contributed by atoms with Gasteiger partial charge in [0.1, 0.15) is 4.60 Å². The van der Waals surface area contributed by atoms with Crippen LogP contribution < -0.4 is 5.32 Å². The minimum atomic E-state index is 0.267. The van der Waals surface area contributed by atoms with Crippen LogP contribution in [0.1, 0.15) is 24.2 Å². The highest BCUT2D eigenvalue weighted by Crippen LogP contribution is 2.16. The lowest BCUT2D eigenvalue weighted by molar-refractivity contribution is 0.567. The maximum atomic E-state index is 5.87. The Hall–Kier alpha value is -0.900. The summed E-state index contributed by atoms with van der Waals surface area (Å²) in [5.74, 6) is 0. The monoisotopic (exact) mass is 324 g/mol. The van der Waals surface area contributed by atoms with Gasteiger partial charge < -0.3 is 5.32 Å². The summed E-state index contributed by atoms with van der Waals surface area (Å²) in [5.41, 5.74) is 2.24. The largest absolute Gasteiger partial charge is 0.305 e. The van der Waals surface area contributed by atoms with Crippen LogP contribution in [0.4, 0.5) is 0 Å². The van der Waals surface area contributed by atoms with Crippen molar-refractivity contribution in [2.45, 2.75) is 19.5 Å². The molecule has 4 heteroatoms. The van der Waals surface area contributed by atoms with E-state index in [1.807, 2.05) is 42.5 Å². The predicted octanol–water partition coefficient (Wildman–Crippen LogP) is 4.35. The molecule has 18 heavy (non-hydrogen) atoms. The number of nitrogens with one attached hydrogen (secondary N) is 1. The molecule has 0 unspecified atom stereocenters. The first-order chi connectivity index (χ1) is 8.65. The Balaban J connectivity index is 1.96. The van der Waals surface area contributed by atoms with Crippen molar-refractivity contribution in [3.8, 4) is 0 Å². The number of hydrogen-bond acceptors (Lipinski definition) is 2. The Morgan fingerprint density at radius 3 is 2.61 bits per heavy atom. The van der Waals surface area contributed by atoms with Gasteiger partial charge in [0.05, 0.1) is 5.69 Å². The summed E-state index contributed by atoms with van der Waals surface area (Å²) in [6.45, 7) is 2.87. The quantitative estimate of drug-likeness (QED) is 0.845. The number of aromatic nitrogens is 1. The van der Waals surface area contributed by atoms with E-state index in [0.717, 1.165) is 21.9 Å². The Morgan fingerprint density at radius 1 is 1.22 bits per heavy atom. The molecule has 1 N–H and O–H groups in total. The molecule has 0 radical (unpaired) electrons. The molecule has 0 fully saturated rings. The van der Waals surface area contributed by atoms with Crippen molar-refractivity contribution in [1.29, 1.82) is 0 Å². The predicted molar refractivity (Wildman–Crippen MR) is 78.6 cm³/mol. The van der Waals surface area contributed by atoms with Gasteiger partial charge >= 0.3 is 0 Å². The van der Waals surface area contributed by atoms with E-state index in [9.17, 15) is 0 Å². The molecule has 0 bridgehead atoms. The molecule has 2 nitrogen and oxygen atoms in total. The molecule has 0 aliphatic rings. The number of benzene rings is 1. The molecule has 1 heterocycles. The molecule has 0 aliphatic carbocycles. The summed E-state index contributed by atoms with van der Waals surface area (Å²) >= 11 is 9.24. The molecular formula is C14H14BrClN2. The molecule has 94 valence electrons. The van der Waals surface area contributed by atoms with E-state index in [1.165, 1.54) is 5.56 Å². The van der Waals surface area contributed by atoms with E-state index >= 15 is 0 Å². The van der Waals surface area contributed by atoms with Crippen LogP contribution in [0.5, 0.6) is 0 Å². The van der Waals surface area contributed by atoms with Gasteiger partial charge in [-0.3, -0.25) is 0 Å². The maximum Gasteiger partial charge on any atom is 0.106 e. The lowest BCUT2D eigenvalue weighted by Gasteiger charge is -2.14. The Morgan fingerprint density at radius 2 is 1.94 bits per heavy atom. The van der Waals surface area contributed by atoms with E-state index < -0.39 is 0 Å². The third-order valence-electron chi connectivity index (χ3n) is 2.73. The smallest absolute Gasteiger partial charge is 0.106 e. The van der Waals surface area contributed by atoms with Crippen molar-refractivity contribution in [1.82, 2.24) is 10.3 Å². The third-order valence-corrected chi connectivity index (χ3v) is 3.43. The van der Waals surface area contributed by atoms with E-state index in [1.54, 1.807) is 0 Å². The van der Waals surface area contributed by atoms with Crippen LogP contribution in [0.15, 0.2) is 47.1 Å². The number of hydrogen-bond donors (Lipinski definition) is 1. The molecule has 2 rings (SSSR count). The van der Waals surface area contributed by atoms with Crippen LogP contribution in [0.2, 0.25) is 5.02 Å². The average molecular weight is 326 g/mol. The van der Waals surface area contributed by atoms with Crippen molar-refractivity contribution < 1.29 is 0 Å². The minimum absolute atomic E-state index is 0.267. The molecular weight excluding hydrogens is 312 g/mol. The summed E-state index contributed by atoms with van der Waals surface area (Å²) < 4.78 is 0.862. The summed E-state index contributed by atoms with van der Waals surface area (Å²) in [7, 11) is 0. The SMILES string of the molecule is C[C@H](NCc1cccc(Br)n1)c1ccc(Cl)cc1. The standard InChI is InChI=1S/C14H14BrClN2/c1-10(11-5-7-12(16)8-6-11)17-9-13-3-2-4-14(15)18-13/h2-8,10,17H,9H2,1H3/t10-/m0/s1. The van der Waals surface area contributed by atoms with Crippen molar-refractivity contribution in [2.24, 2.45) is 0 Å². The van der Waals surface area contributed by atoms with Gasteiger partial charge in [0.15, 0.2) is 0 Å². The van der Waals surface area contributed by atoms with Gasteiger partial charge in [-0.25, -0.2) is 4.98 Å². The Bertz CT molecular complexity index is 513. The zero-order chi connectivity index (χ0) is 13.0. The summed E-state index contributed by atoms with van der Waals surface area (Å²) in [5, 5.41) is 4.20. The van der Waals surface area contributed by atoms with Crippen molar-refractivity contribution in [3.05, 3.63) is 63.3 Å². The van der Waals surface area contributed by atoms with E-state index in [-0.39, 0.29) is 6.04 Å². The van der Waals surface area contributed by atoms with Gasteiger partial charge in [0, 0.05) is 17.6 Å². The normalized spacial score (nSPS) is 12.4. The van der Waals surface area contributed by atoms with Crippen molar-refractivity contribution >= 4 is 27.5 Å². The highest BCUT2D eigenvalue weighted by molar-refractivity contribution is 9.10. The van der Waals surface area contributed by atoms with Crippen LogP contribution >= 0.6 is 27.5 Å². The number of halogens is 2. The topological polar surface area (TPSA) is 24.9 Å². The maximum absolute atomic E-state index is 5.87. The molecule has 1 aromatic heterocycles.